The summed E-state index contributed by atoms with van der Waals surface area (Å²) in [6, 6.07) is 0. The van der Waals surface area contributed by atoms with Crippen LogP contribution < -0.4 is 4.72 Å². The Morgan fingerprint density at radius 1 is 1.67 bits per heavy atom. The molecule has 72 valence electrons. The number of amides is 1. The first-order chi connectivity index (χ1) is 5.40. The fourth-order valence-electron chi connectivity index (χ4n) is 0.427. The second-order valence-electron chi connectivity index (χ2n) is 1.92. The third-order valence-electron chi connectivity index (χ3n) is 1.03. The molecule has 0 saturated carbocycles. The van der Waals surface area contributed by atoms with Gasteiger partial charge in [0, 0.05) is 19.5 Å². The summed E-state index contributed by atoms with van der Waals surface area (Å²) in [5, 5.41) is 8.12. The van der Waals surface area contributed by atoms with Crippen molar-refractivity contribution >= 4 is 27.9 Å². The molecule has 0 aromatic heterocycles. The number of carboxylic acid groups (broad SMARTS) is 1. The van der Waals surface area contributed by atoms with Gasteiger partial charge in [-0.3, -0.25) is 0 Å². The SMILES string of the molecule is CN(CCCl)S(=O)(=O)NC(=O)O. The Labute approximate surface area is 75.3 Å². The third-order valence-corrected chi connectivity index (χ3v) is 2.63. The first-order valence-electron chi connectivity index (χ1n) is 2.93. The van der Waals surface area contributed by atoms with Crippen LogP contribution in [0.4, 0.5) is 4.79 Å². The van der Waals surface area contributed by atoms with Crippen molar-refractivity contribution in [1.82, 2.24) is 9.03 Å². The zero-order valence-corrected chi connectivity index (χ0v) is 7.89. The van der Waals surface area contributed by atoms with E-state index >= 15 is 0 Å². The molecule has 0 aliphatic heterocycles. The van der Waals surface area contributed by atoms with E-state index in [2.05, 4.69) is 0 Å². The number of halogens is 1. The van der Waals surface area contributed by atoms with Gasteiger partial charge in [0.05, 0.1) is 0 Å². The summed E-state index contributed by atoms with van der Waals surface area (Å²) in [5.41, 5.74) is 0. The van der Waals surface area contributed by atoms with Gasteiger partial charge in [0.2, 0.25) is 0 Å². The summed E-state index contributed by atoms with van der Waals surface area (Å²) in [6.07, 6.45) is -1.61. The number of hydrogen-bond donors (Lipinski definition) is 2. The van der Waals surface area contributed by atoms with Crippen LogP contribution in [-0.4, -0.2) is 43.4 Å². The maximum atomic E-state index is 10.9. The van der Waals surface area contributed by atoms with E-state index in [1.165, 1.54) is 11.8 Å². The van der Waals surface area contributed by atoms with Crippen LogP contribution in [0.1, 0.15) is 0 Å². The van der Waals surface area contributed by atoms with Crippen LogP contribution in [0.2, 0.25) is 0 Å². The number of carbonyl (C=O) groups is 1. The molecule has 1 amide bonds. The van der Waals surface area contributed by atoms with Gasteiger partial charge in [-0.2, -0.15) is 12.7 Å². The van der Waals surface area contributed by atoms with Crippen molar-refractivity contribution in [1.29, 1.82) is 0 Å². The molecular weight excluding hydrogens is 208 g/mol. The average molecular weight is 217 g/mol. The highest BCUT2D eigenvalue weighted by molar-refractivity contribution is 7.87. The fraction of sp³-hybridized carbons (Fsp3) is 0.750. The number of hydrogen-bond acceptors (Lipinski definition) is 3. The second-order valence-corrected chi connectivity index (χ2v) is 4.08. The van der Waals surface area contributed by atoms with Crippen LogP contribution in [0.5, 0.6) is 0 Å². The van der Waals surface area contributed by atoms with Crippen LogP contribution in [0.15, 0.2) is 0 Å². The minimum atomic E-state index is -3.92. The lowest BCUT2D eigenvalue weighted by molar-refractivity contribution is 0.200. The maximum Gasteiger partial charge on any atom is 0.419 e. The predicted molar refractivity (Wildman–Crippen MR) is 43.4 cm³/mol. The molecule has 12 heavy (non-hydrogen) atoms. The molecular formula is C4H9ClN2O4S. The van der Waals surface area contributed by atoms with Crippen molar-refractivity contribution in [2.75, 3.05) is 19.5 Å². The number of nitrogens with zero attached hydrogens (tertiary/aromatic N) is 1. The summed E-state index contributed by atoms with van der Waals surface area (Å²) in [6.45, 7) is 0.0597. The lowest BCUT2D eigenvalue weighted by atomic mass is 10.8. The Hall–Kier alpha value is -0.530. The molecule has 0 aliphatic rings. The molecule has 0 aromatic rings. The van der Waals surface area contributed by atoms with Crippen molar-refractivity contribution in [2.24, 2.45) is 0 Å². The normalized spacial score (nSPS) is 11.6. The highest BCUT2D eigenvalue weighted by Crippen LogP contribution is 1.93. The molecule has 2 N–H and O–H groups in total. The molecule has 0 saturated heterocycles. The van der Waals surface area contributed by atoms with Crippen LogP contribution in [0.25, 0.3) is 0 Å². The minimum absolute atomic E-state index is 0.0597. The Morgan fingerprint density at radius 3 is 2.50 bits per heavy atom. The topological polar surface area (TPSA) is 86.7 Å². The predicted octanol–water partition coefficient (Wildman–Crippen LogP) is -0.331. The van der Waals surface area contributed by atoms with Crippen molar-refractivity contribution in [3.63, 3.8) is 0 Å². The van der Waals surface area contributed by atoms with E-state index in [0.29, 0.717) is 0 Å². The highest BCUT2D eigenvalue weighted by Gasteiger charge is 2.18. The monoisotopic (exact) mass is 216 g/mol. The van der Waals surface area contributed by atoms with Gasteiger partial charge >= 0.3 is 16.3 Å². The molecule has 0 atom stereocenters. The quantitative estimate of drug-likeness (QED) is 0.630. The number of alkyl halides is 1. The number of nitrogens with one attached hydrogen (secondary N) is 1. The fourth-order valence-corrected chi connectivity index (χ4v) is 1.49. The molecule has 0 unspecified atom stereocenters. The minimum Gasteiger partial charge on any atom is -0.464 e. The molecule has 0 aromatic carbocycles. The maximum absolute atomic E-state index is 10.9. The van der Waals surface area contributed by atoms with Gasteiger partial charge in [0.25, 0.3) is 0 Å². The van der Waals surface area contributed by atoms with E-state index in [4.69, 9.17) is 16.7 Å². The van der Waals surface area contributed by atoms with E-state index in [1.807, 2.05) is 0 Å². The van der Waals surface area contributed by atoms with Crippen LogP contribution in [-0.2, 0) is 10.2 Å². The average Bonchev–Trinajstić information content (AvgIpc) is 1.85. The molecule has 0 spiro atoms. The molecule has 0 aliphatic carbocycles. The molecule has 6 nitrogen and oxygen atoms in total. The Bertz CT molecular complexity index is 252. The van der Waals surface area contributed by atoms with Crippen LogP contribution in [0, 0.1) is 0 Å². The molecule has 0 bridgehead atoms. The summed E-state index contributed by atoms with van der Waals surface area (Å²) < 4.78 is 24.0. The lowest BCUT2D eigenvalue weighted by Gasteiger charge is -2.14. The lowest BCUT2D eigenvalue weighted by Crippen LogP contribution is -2.41. The Morgan fingerprint density at radius 2 is 2.17 bits per heavy atom. The smallest absolute Gasteiger partial charge is 0.419 e. The van der Waals surface area contributed by atoms with Crippen LogP contribution >= 0.6 is 11.6 Å². The summed E-state index contributed by atoms with van der Waals surface area (Å²) in [4.78, 5) is 9.97. The molecule has 0 fully saturated rings. The van der Waals surface area contributed by atoms with Crippen LogP contribution in [0.3, 0.4) is 0 Å². The van der Waals surface area contributed by atoms with E-state index in [9.17, 15) is 13.2 Å². The molecule has 0 radical (unpaired) electrons. The second kappa shape index (κ2) is 4.48. The van der Waals surface area contributed by atoms with Gasteiger partial charge in [-0.25, -0.2) is 9.52 Å². The number of rotatable bonds is 4. The van der Waals surface area contributed by atoms with Crippen molar-refractivity contribution in [2.45, 2.75) is 0 Å². The van der Waals surface area contributed by atoms with Crippen molar-refractivity contribution < 1.29 is 18.3 Å². The molecule has 0 heterocycles. The van der Waals surface area contributed by atoms with E-state index in [1.54, 1.807) is 0 Å². The highest BCUT2D eigenvalue weighted by atomic mass is 35.5. The van der Waals surface area contributed by atoms with E-state index in [0.717, 1.165) is 4.31 Å². The van der Waals surface area contributed by atoms with Gasteiger partial charge in [-0.15, -0.1) is 11.6 Å². The van der Waals surface area contributed by atoms with Gasteiger partial charge in [0.15, 0.2) is 0 Å². The van der Waals surface area contributed by atoms with Crippen molar-refractivity contribution in [3.05, 3.63) is 0 Å². The zero-order valence-electron chi connectivity index (χ0n) is 6.32. The van der Waals surface area contributed by atoms with E-state index in [-0.39, 0.29) is 12.4 Å². The first kappa shape index (κ1) is 11.5. The molecule has 0 rings (SSSR count). The van der Waals surface area contributed by atoms with Gasteiger partial charge in [-0.05, 0) is 0 Å². The standard InChI is InChI=1S/C4H9ClN2O4S/c1-7(3-2-5)12(10,11)6-4(8)9/h6H,2-3H2,1H3,(H,8,9). The zero-order chi connectivity index (χ0) is 9.78. The summed E-state index contributed by atoms with van der Waals surface area (Å²) in [5.74, 6) is 0.108. The summed E-state index contributed by atoms with van der Waals surface area (Å²) in [7, 11) is -2.69. The Kier molecular flexibility index (Phi) is 4.29. The largest absolute Gasteiger partial charge is 0.464 e. The van der Waals surface area contributed by atoms with E-state index < -0.39 is 16.3 Å². The molecule has 8 heteroatoms. The van der Waals surface area contributed by atoms with Gasteiger partial charge in [-0.1, -0.05) is 0 Å². The first-order valence-corrected chi connectivity index (χ1v) is 4.90. The Balaban J connectivity index is 4.30. The van der Waals surface area contributed by atoms with Gasteiger partial charge < -0.3 is 5.11 Å². The summed E-state index contributed by atoms with van der Waals surface area (Å²) >= 11 is 5.26. The van der Waals surface area contributed by atoms with Gasteiger partial charge in [0.1, 0.15) is 0 Å². The third kappa shape index (κ3) is 3.74. The van der Waals surface area contributed by atoms with Crippen molar-refractivity contribution in [3.8, 4) is 0 Å².